The van der Waals surface area contributed by atoms with Crippen LogP contribution in [0.15, 0.2) is 78.9 Å². The number of carboxylic acids is 1. The van der Waals surface area contributed by atoms with E-state index in [9.17, 15) is 49.1 Å². The summed E-state index contributed by atoms with van der Waals surface area (Å²) in [7, 11) is 0. The van der Waals surface area contributed by atoms with Gasteiger partial charge in [-0.2, -0.15) is 0 Å². The smallest absolute Gasteiger partial charge is 0.408 e. The molecule has 3 rings (SSSR count). The quantitative estimate of drug-likeness (QED) is 0.0787. The molecule has 0 radical (unpaired) electrons. The minimum atomic E-state index is -1.59. The lowest BCUT2D eigenvalue weighted by molar-refractivity contribution is -0.384. The summed E-state index contributed by atoms with van der Waals surface area (Å²) in [6, 6.07) is 14.2. The molecule has 276 valence electrons. The van der Waals surface area contributed by atoms with Crippen LogP contribution in [-0.2, 0) is 41.7 Å². The highest BCUT2D eigenvalue weighted by atomic mass is 16.6. The van der Waals surface area contributed by atoms with Gasteiger partial charge in [0, 0.05) is 24.2 Å². The maximum atomic E-state index is 13.6. The first-order valence-corrected chi connectivity index (χ1v) is 16.1. The number of ether oxygens (including phenoxy) is 1. The van der Waals surface area contributed by atoms with Gasteiger partial charge in [-0.15, -0.1) is 0 Å². The highest BCUT2D eigenvalue weighted by Gasteiger charge is 2.32. The van der Waals surface area contributed by atoms with E-state index in [1.54, 1.807) is 56.3 Å². The van der Waals surface area contributed by atoms with E-state index in [0.29, 0.717) is 11.1 Å². The van der Waals surface area contributed by atoms with Gasteiger partial charge in [0.15, 0.2) is 0 Å². The van der Waals surface area contributed by atoms with Gasteiger partial charge >= 0.3 is 12.1 Å². The molecule has 0 spiro atoms. The molecule has 0 aliphatic rings. The molecule has 52 heavy (non-hydrogen) atoms. The number of carbonyl (C=O) groups excluding carboxylic acids is 5. The molecule has 3 aromatic rings. The van der Waals surface area contributed by atoms with Crippen molar-refractivity contribution < 1.29 is 48.6 Å². The van der Waals surface area contributed by atoms with Crippen LogP contribution in [0.25, 0.3) is 0 Å². The summed E-state index contributed by atoms with van der Waals surface area (Å²) in [5.74, 6) is -5.32. The maximum absolute atomic E-state index is 13.6. The number of rotatable bonds is 17. The Morgan fingerprint density at radius 1 is 0.731 bits per heavy atom. The van der Waals surface area contributed by atoms with Crippen LogP contribution in [-0.4, -0.2) is 75.0 Å². The Morgan fingerprint density at radius 2 is 1.37 bits per heavy atom. The number of anilines is 1. The van der Waals surface area contributed by atoms with Gasteiger partial charge in [0.05, 0.1) is 11.3 Å². The molecule has 0 aromatic heterocycles. The third kappa shape index (κ3) is 12.7. The number of carboxylic acid groups (broad SMARTS) is 1. The summed E-state index contributed by atoms with van der Waals surface area (Å²) in [6.45, 7) is 4.49. The van der Waals surface area contributed by atoms with Crippen molar-refractivity contribution in [2.24, 2.45) is 5.92 Å². The first-order valence-electron chi connectivity index (χ1n) is 16.1. The number of nitrogens with zero attached hydrogens (tertiary/aromatic N) is 1. The number of aliphatic carboxylic acids is 1. The number of amides is 5. The van der Waals surface area contributed by atoms with Gasteiger partial charge in [0.2, 0.25) is 23.6 Å². The van der Waals surface area contributed by atoms with Crippen LogP contribution < -0.4 is 26.6 Å². The first kappa shape index (κ1) is 39.9. The normalized spacial score (nSPS) is 13.0. The number of nitro groups is 1. The third-order valence-electron chi connectivity index (χ3n) is 7.55. The van der Waals surface area contributed by atoms with E-state index < -0.39 is 77.1 Å². The van der Waals surface area contributed by atoms with Crippen molar-refractivity contribution in [3.63, 3.8) is 0 Å². The maximum Gasteiger partial charge on any atom is 0.408 e. The average molecular weight is 721 g/mol. The predicted molar refractivity (Wildman–Crippen MR) is 186 cm³/mol. The van der Waals surface area contributed by atoms with Gasteiger partial charge < -0.3 is 41.5 Å². The number of nitrogens with one attached hydrogen (secondary N) is 5. The Balaban J connectivity index is 1.67. The number of phenols is 1. The number of nitro benzene ring substituents is 1. The molecule has 0 heterocycles. The van der Waals surface area contributed by atoms with Crippen molar-refractivity contribution in [1.29, 1.82) is 0 Å². The fourth-order valence-electron chi connectivity index (χ4n) is 4.72. The molecular formula is C35H40N6O11. The van der Waals surface area contributed by atoms with Gasteiger partial charge in [-0.05, 0) is 48.2 Å². The standard InChI is InChI=1S/C35H40N6O11/c1-20(2)30(40-33(47)27(17-22-9-15-26(42)16-10-22)39-35(49)52-19-23-7-5-4-6-8-23)34(48)36-21(3)31(45)38-28(18-29(43)44)32(46)37-24-11-13-25(14-12-24)41(50)51/h4-16,20-21,27-28,30,42H,17-19H2,1-3H3,(H,36,48)(H,37,46)(H,38,45)(H,39,49)(H,40,47)(H,43,44)/t21-,27-,28-,30-/m0/s1. The molecule has 0 saturated heterocycles. The van der Waals surface area contributed by atoms with E-state index in [1.807, 2.05) is 0 Å². The third-order valence-corrected chi connectivity index (χ3v) is 7.55. The van der Waals surface area contributed by atoms with Crippen LogP contribution in [0.5, 0.6) is 5.75 Å². The lowest BCUT2D eigenvalue weighted by atomic mass is 10.0. The van der Waals surface area contributed by atoms with Gasteiger partial charge in [-0.3, -0.25) is 34.1 Å². The van der Waals surface area contributed by atoms with Crippen molar-refractivity contribution in [1.82, 2.24) is 21.3 Å². The molecule has 5 amide bonds. The second kappa shape index (κ2) is 19.0. The summed E-state index contributed by atoms with van der Waals surface area (Å²) in [6.07, 6.45) is -1.75. The Hall–Kier alpha value is -6.52. The Morgan fingerprint density at radius 3 is 1.94 bits per heavy atom. The number of non-ortho nitro benzene ring substituents is 1. The summed E-state index contributed by atoms with van der Waals surface area (Å²) >= 11 is 0. The highest BCUT2D eigenvalue weighted by molar-refractivity contribution is 6.00. The van der Waals surface area contributed by atoms with Crippen LogP contribution in [0.4, 0.5) is 16.2 Å². The zero-order valence-electron chi connectivity index (χ0n) is 28.5. The summed E-state index contributed by atoms with van der Waals surface area (Å²) < 4.78 is 5.28. The van der Waals surface area contributed by atoms with E-state index >= 15 is 0 Å². The van der Waals surface area contributed by atoms with E-state index in [1.165, 1.54) is 31.2 Å². The van der Waals surface area contributed by atoms with E-state index in [4.69, 9.17) is 4.74 Å². The van der Waals surface area contributed by atoms with Gasteiger partial charge in [-0.1, -0.05) is 56.3 Å². The fourth-order valence-corrected chi connectivity index (χ4v) is 4.72. The van der Waals surface area contributed by atoms with E-state index in [0.717, 1.165) is 12.1 Å². The van der Waals surface area contributed by atoms with Crippen molar-refractivity contribution in [3.8, 4) is 5.75 Å². The second-order valence-electron chi connectivity index (χ2n) is 12.0. The molecular weight excluding hydrogens is 680 g/mol. The summed E-state index contributed by atoms with van der Waals surface area (Å²) in [5, 5.41) is 42.2. The average Bonchev–Trinajstić information content (AvgIpc) is 3.10. The molecule has 0 aliphatic carbocycles. The van der Waals surface area contributed by atoms with Crippen LogP contribution in [0.1, 0.15) is 38.3 Å². The molecule has 0 unspecified atom stereocenters. The number of phenolic OH excluding ortho intramolecular Hbond substituents is 1. The zero-order chi connectivity index (χ0) is 38.4. The summed E-state index contributed by atoms with van der Waals surface area (Å²) in [5.41, 5.74) is 1.16. The number of aromatic hydroxyl groups is 1. The van der Waals surface area contributed by atoms with Crippen molar-refractivity contribution >= 4 is 47.1 Å². The number of alkyl carbamates (subject to hydrolysis) is 1. The Labute approximate surface area is 298 Å². The monoisotopic (exact) mass is 720 g/mol. The number of carbonyl (C=O) groups is 6. The van der Waals surface area contributed by atoms with Gasteiger partial charge in [-0.25, -0.2) is 4.79 Å². The van der Waals surface area contributed by atoms with Crippen LogP contribution in [0.2, 0.25) is 0 Å². The molecule has 17 nitrogen and oxygen atoms in total. The number of hydrogen-bond acceptors (Lipinski definition) is 10. The molecule has 7 N–H and O–H groups in total. The molecule has 0 bridgehead atoms. The minimum Gasteiger partial charge on any atom is -0.508 e. The van der Waals surface area contributed by atoms with Crippen LogP contribution in [0.3, 0.4) is 0 Å². The molecule has 4 atom stereocenters. The topological polar surface area (TPSA) is 255 Å². The lowest BCUT2D eigenvalue weighted by Crippen LogP contribution is -2.59. The SMILES string of the molecule is CC(C)[C@H](NC(=O)[C@H](Cc1ccc(O)cc1)NC(=O)OCc1ccccc1)C(=O)N[C@@H](C)C(=O)N[C@@H](CC(=O)O)C(=O)Nc1ccc([N+](=O)[O-])cc1. The number of hydrogen-bond donors (Lipinski definition) is 7. The van der Waals surface area contributed by atoms with Crippen molar-refractivity contribution in [3.05, 3.63) is 100 Å². The molecule has 0 aliphatic heterocycles. The van der Waals surface area contributed by atoms with Gasteiger partial charge in [0.25, 0.3) is 5.69 Å². The second-order valence-corrected chi connectivity index (χ2v) is 12.0. The van der Waals surface area contributed by atoms with E-state index in [2.05, 4.69) is 26.6 Å². The van der Waals surface area contributed by atoms with Crippen LogP contribution >= 0.6 is 0 Å². The Kier molecular flexibility index (Phi) is 14.6. The van der Waals surface area contributed by atoms with E-state index in [-0.39, 0.29) is 30.2 Å². The first-order chi connectivity index (χ1) is 24.6. The lowest BCUT2D eigenvalue weighted by Gasteiger charge is -2.27. The number of benzene rings is 3. The molecule has 0 saturated carbocycles. The molecule has 17 heteroatoms. The zero-order valence-corrected chi connectivity index (χ0v) is 28.5. The molecule has 0 fully saturated rings. The largest absolute Gasteiger partial charge is 0.508 e. The minimum absolute atomic E-state index is 0.00548. The predicted octanol–water partition coefficient (Wildman–Crippen LogP) is 2.38. The Bertz CT molecular complexity index is 1730. The van der Waals surface area contributed by atoms with Crippen molar-refractivity contribution in [2.45, 2.75) is 64.4 Å². The van der Waals surface area contributed by atoms with Crippen LogP contribution in [0, 0.1) is 16.0 Å². The molecule has 3 aromatic carbocycles. The summed E-state index contributed by atoms with van der Waals surface area (Å²) in [4.78, 5) is 87.3. The fraction of sp³-hybridized carbons (Fsp3) is 0.314. The highest BCUT2D eigenvalue weighted by Crippen LogP contribution is 2.16. The van der Waals surface area contributed by atoms with Crippen molar-refractivity contribution in [2.75, 3.05) is 5.32 Å². The van der Waals surface area contributed by atoms with Gasteiger partial charge in [0.1, 0.15) is 36.5 Å².